The van der Waals surface area contributed by atoms with Crippen LogP contribution in [0.2, 0.25) is 0 Å². The van der Waals surface area contributed by atoms with Crippen LogP contribution in [0.3, 0.4) is 0 Å². The lowest BCUT2D eigenvalue weighted by Crippen LogP contribution is -2.47. The molecule has 1 aliphatic rings. The Morgan fingerprint density at radius 3 is 2.33 bits per heavy atom. The Morgan fingerprint density at radius 1 is 1.13 bits per heavy atom. The molecule has 0 spiro atoms. The maximum atomic E-state index is 12.9. The molecule has 2 rings (SSSR count). The Hall–Kier alpha value is -2.45. The average Bonchev–Trinajstić information content (AvgIpc) is 3.20. The summed E-state index contributed by atoms with van der Waals surface area (Å²) in [5.74, 6) is -2.65. The van der Waals surface area contributed by atoms with Crippen molar-refractivity contribution < 1.29 is 29.5 Å². The van der Waals surface area contributed by atoms with Gasteiger partial charge in [-0.25, -0.2) is 4.79 Å². The number of amides is 2. The van der Waals surface area contributed by atoms with Crippen LogP contribution in [0.4, 0.5) is 0 Å². The summed E-state index contributed by atoms with van der Waals surface area (Å²) < 4.78 is 5.62. The molecule has 1 aliphatic carbocycles. The summed E-state index contributed by atoms with van der Waals surface area (Å²) in [6.45, 7) is 3.80. The second-order valence-electron chi connectivity index (χ2n) is 8.31. The fraction of sp³-hybridized carbons (Fsp3) is 0.591. The Morgan fingerprint density at radius 2 is 1.77 bits per heavy atom. The van der Waals surface area contributed by atoms with Crippen molar-refractivity contribution in [2.24, 2.45) is 11.8 Å². The van der Waals surface area contributed by atoms with Gasteiger partial charge < -0.3 is 10.1 Å². The van der Waals surface area contributed by atoms with E-state index in [0.717, 1.165) is 31.2 Å². The van der Waals surface area contributed by atoms with E-state index in [0.29, 0.717) is 6.42 Å². The summed E-state index contributed by atoms with van der Waals surface area (Å²) in [5.41, 5.74) is 0.875. The summed E-state index contributed by atoms with van der Waals surface area (Å²) in [4.78, 5) is 37.5. The summed E-state index contributed by atoms with van der Waals surface area (Å²) in [6, 6.07) is 8.43. The molecule has 1 saturated carbocycles. The second kappa shape index (κ2) is 11.7. The minimum atomic E-state index is -0.982. The van der Waals surface area contributed by atoms with Gasteiger partial charge in [-0.2, -0.15) is 0 Å². The molecule has 1 aromatic carbocycles. The standard InChI is InChI=1S/C22H32N2O6/c1-15(2)12-17(14-20(25)24(28)29)21(26)23-19(13-16-8-4-3-5-9-16)22(27)30-18-10-6-7-11-18/h3-5,8-9,15,17-19,28-29H,6-7,10-14H2,1-2H3,(H,23,26)/t17-,19+/m1/s1. The van der Waals surface area contributed by atoms with E-state index in [4.69, 9.17) is 15.2 Å². The normalized spacial score (nSPS) is 16.2. The largest absolute Gasteiger partial charge is 0.461 e. The van der Waals surface area contributed by atoms with E-state index in [1.807, 2.05) is 44.2 Å². The van der Waals surface area contributed by atoms with Crippen LogP contribution < -0.4 is 5.32 Å². The first-order valence-corrected chi connectivity index (χ1v) is 10.5. The van der Waals surface area contributed by atoms with Gasteiger partial charge in [0.2, 0.25) is 5.91 Å². The number of carbonyl (C=O) groups is 3. The molecular formula is C22H32N2O6. The average molecular weight is 421 g/mol. The molecule has 0 heterocycles. The van der Waals surface area contributed by atoms with Gasteiger partial charge in [0, 0.05) is 18.8 Å². The van der Waals surface area contributed by atoms with Gasteiger partial charge in [-0.3, -0.25) is 20.0 Å². The molecule has 0 aromatic heterocycles. The van der Waals surface area contributed by atoms with Crippen LogP contribution in [-0.4, -0.2) is 45.6 Å². The summed E-state index contributed by atoms with van der Waals surface area (Å²) >= 11 is 0. The van der Waals surface area contributed by atoms with E-state index >= 15 is 0 Å². The zero-order valence-electron chi connectivity index (χ0n) is 17.6. The minimum absolute atomic E-state index is 0.0948. The number of carbonyl (C=O) groups excluding carboxylic acids is 3. The number of hydrogen-bond acceptors (Lipinski definition) is 6. The van der Waals surface area contributed by atoms with Crippen molar-refractivity contribution >= 4 is 17.8 Å². The molecule has 8 nitrogen and oxygen atoms in total. The van der Waals surface area contributed by atoms with Crippen molar-refractivity contribution in [3.05, 3.63) is 35.9 Å². The molecule has 0 aliphatic heterocycles. The van der Waals surface area contributed by atoms with Crippen LogP contribution in [0, 0.1) is 11.8 Å². The maximum absolute atomic E-state index is 12.9. The first kappa shape index (κ1) is 23.8. The Balaban J connectivity index is 2.12. The predicted octanol–water partition coefficient (Wildman–Crippen LogP) is 2.86. The van der Waals surface area contributed by atoms with Crippen LogP contribution >= 0.6 is 0 Å². The molecule has 2 amide bonds. The van der Waals surface area contributed by atoms with Gasteiger partial charge in [0.05, 0.1) is 0 Å². The van der Waals surface area contributed by atoms with Crippen molar-refractivity contribution in [1.82, 2.24) is 10.5 Å². The molecule has 1 aromatic rings. The van der Waals surface area contributed by atoms with Crippen LogP contribution in [0.25, 0.3) is 0 Å². The number of hydroxylamine groups is 2. The third-order valence-electron chi connectivity index (χ3n) is 5.24. The lowest BCUT2D eigenvalue weighted by molar-refractivity contribution is -0.285. The first-order valence-electron chi connectivity index (χ1n) is 10.5. The highest BCUT2D eigenvalue weighted by Crippen LogP contribution is 2.22. The van der Waals surface area contributed by atoms with E-state index in [-0.39, 0.29) is 24.9 Å². The molecule has 3 N–H and O–H groups in total. The van der Waals surface area contributed by atoms with Crippen LogP contribution in [0.5, 0.6) is 0 Å². The molecule has 1 fully saturated rings. The van der Waals surface area contributed by atoms with Crippen molar-refractivity contribution in [1.29, 1.82) is 0 Å². The topological polar surface area (TPSA) is 116 Å². The number of nitrogens with one attached hydrogen (secondary N) is 1. The molecule has 2 atom stereocenters. The van der Waals surface area contributed by atoms with Gasteiger partial charge in [-0.15, -0.1) is 0 Å². The number of esters is 1. The van der Waals surface area contributed by atoms with Crippen LogP contribution in [0.1, 0.15) is 57.9 Å². The fourth-order valence-electron chi connectivity index (χ4n) is 3.73. The molecule has 30 heavy (non-hydrogen) atoms. The third-order valence-corrected chi connectivity index (χ3v) is 5.24. The van der Waals surface area contributed by atoms with Gasteiger partial charge in [0.25, 0.3) is 5.91 Å². The number of nitrogens with zero attached hydrogens (tertiary/aromatic N) is 1. The van der Waals surface area contributed by atoms with Crippen molar-refractivity contribution in [2.75, 3.05) is 0 Å². The van der Waals surface area contributed by atoms with Gasteiger partial charge in [-0.05, 0) is 43.6 Å². The van der Waals surface area contributed by atoms with Gasteiger partial charge in [0.15, 0.2) is 0 Å². The number of benzene rings is 1. The van der Waals surface area contributed by atoms with Crippen LogP contribution in [0.15, 0.2) is 30.3 Å². The Kier molecular flexibility index (Phi) is 9.26. The number of ether oxygens (including phenoxy) is 1. The lowest BCUT2D eigenvalue weighted by Gasteiger charge is -2.24. The summed E-state index contributed by atoms with van der Waals surface area (Å²) in [6.07, 6.45) is 3.82. The van der Waals surface area contributed by atoms with Gasteiger partial charge in [0.1, 0.15) is 12.1 Å². The smallest absolute Gasteiger partial charge is 0.329 e. The Bertz CT molecular complexity index is 701. The highest BCUT2D eigenvalue weighted by molar-refractivity contribution is 5.89. The van der Waals surface area contributed by atoms with Gasteiger partial charge in [-0.1, -0.05) is 49.4 Å². The van der Waals surface area contributed by atoms with Crippen molar-refractivity contribution in [3.8, 4) is 0 Å². The zero-order valence-corrected chi connectivity index (χ0v) is 17.6. The van der Waals surface area contributed by atoms with Crippen molar-refractivity contribution in [2.45, 2.75) is 70.9 Å². The SMILES string of the molecule is CC(C)C[C@H](CC(=O)N(O)O)C(=O)N[C@@H](Cc1ccccc1)C(=O)OC1CCCC1. The maximum Gasteiger partial charge on any atom is 0.329 e. The molecule has 0 bridgehead atoms. The van der Waals surface area contributed by atoms with Gasteiger partial charge >= 0.3 is 5.97 Å². The molecule has 166 valence electrons. The minimum Gasteiger partial charge on any atom is -0.461 e. The monoisotopic (exact) mass is 420 g/mol. The fourth-order valence-corrected chi connectivity index (χ4v) is 3.73. The predicted molar refractivity (Wildman–Crippen MR) is 108 cm³/mol. The van der Waals surface area contributed by atoms with E-state index in [9.17, 15) is 14.4 Å². The van der Waals surface area contributed by atoms with Crippen LogP contribution in [-0.2, 0) is 25.5 Å². The second-order valence-corrected chi connectivity index (χ2v) is 8.31. The summed E-state index contributed by atoms with van der Waals surface area (Å²) in [5, 5.41) is 20.1. The zero-order chi connectivity index (χ0) is 22.1. The number of rotatable bonds is 10. The third kappa shape index (κ3) is 7.76. The van der Waals surface area contributed by atoms with E-state index in [1.54, 1.807) is 0 Å². The van der Waals surface area contributed by atoms with E-state index in [2.05, 4.69) is 5.32 Å². The van der Waals surface area contributed by atoms with E-state index in [1.165, 1.54) is 0 Å². The molecular weight excluding hydrogens is 388 g/mol. The molecule has 0 saturated heterocycles. The molecule has 8 heteroatoms. The quantitative estimate of drug-likeness (QED) is 0.304. The summed E-state index contributed by atoms with van der Waals surface area (Å²) in [7, 11) is 0. The highest BCUT2D eigenvalue weighted by Gasteiger charge is 2.31. The molecule has 0 radical (unpaired) electrons. The Labute approximate surface area is 177 Å². The highest BCUT2D eigenvalue weighted by atomic mass is 16.8. The van der Waals surface area contributed by atoms with Crippen molar-refractivity contribution in [3.63, 3.8) is 0 Å². The first-order chi connectivity index (χ1) is 14.3. The molecule has 0 unspecified atom stereocenters. The lowest BCUT2D eigenvalue weighted by atomic mass is 9.92. The van der Waals surface area contributed by atoms with E-state index < -0.39 is 35.0 Å². The number of hydrogen-bond donors (Lipinski definition) is 3.